The lowest BCUT2D eigenvalue weighted by Gasteiger charge is -2.33. The average Bonchev–Trinajstić information content (AvgIpc) is 3.08. The van der Waals surface area contributed by atoms with Crippen molar-refractivity contribution in [2.75, 3.05) is 37.7 Å². The molecule has 1 saturated heterocycles. The van der Waals surface area contributed by atoms with Crippen LogP contribution in [-0.2, 0) is 6.54 Å². The van der Waals surface area contributed by atoms with Gasteiger partial charge in [-0.25, -0.2) is 0 Å². The Morgan fingerprint density at radius 1 is 1.00 bits per heavy atom. The van der Waals surface area contributed by atoms with E-state index >= 15 is 0 Å². The van der Waals surface area contributed by atoms with Crippen LogP contribution in [0.2, 0.25) is 0 Å². The molecule has 0 unspecified atom stereocenters. The molecule has 1 aromatic heterocycles. The van der Waals surface area contributed by atoms with Gasteiger partial charge in [-0.05, 0) is 36.8 Å². The fourth-order valence-electron chi connectivity index (χ4n) is 3.21. The summed E-state index contributed by atoms with van der Waals surface area (Å²) in [5.74, 6) is 0.937. The van der Waals surface area contributed by atoms with Gasteiger partial charge in [0.15, 0.2) is 5.58 Å². The molecular formula is C20H23N3O2. The maximum absolute atomic E-state index is 5.88. The molecule has 0 amide bonds. The minimum atomic E-state index is 0.705. The van der Waals surface area contributed by atoms with Crippen molar-refractivity contribution in [3.05, 3.63) is 54.1 Å². The van der Waals surface area contributed by atoms with Gasteiger partial charge in [0.05, 0.1) is 6.61 Å². The summed E-state index contributed by atoms with van der Waals surface area (Å²) in [6, 6.07) is 17.1. The Morgan fingerprint density at radius 2 is 1.76 bits per heavy atom. The highest BCUT2D eigenvalue weighted by molar-refractivity contribution is 5.74. The third-order valence-corrected chi connectivity index (χ3v) is 4.57. The maximum atomic E-state index is 5.88. The maximum Gasteiger partial charge on any atom is 0.298 e. The first-order valence-corrected chi connectivity index (χ1v) is 8.86. The van der Waals surface area contributed by atoms with Crippen LogP contribution >= 0.6 is 0 Å². The zero-order valence-electron chi connectivity index (χ0n) is 14.5. The number of anilines is 1. The van der Waals surface area contributed by atoms with Gasteiger partial charge in [0, 0.05) is 32.7 Å². The Kier molecular flexibility index (Phi) is 4.57. The van der Waals surface area contributed by atoms with E-state index in [0.29, 0.717) is 6.61 Å². The summed E-state index contributed by atoms with van der Waals surface area (Å²) >= 11 is 0. The lowest BCUT2D eigenvalue weighted by Crippen LogP contribution is -2.46. The number of oxazole rings is 1. The number of aromatic nitrogens is 1. The van der Waals surface area contributed by atoms with E-state index in [0.717, 1.165) is 55.6 Å². The highest BCUT2D eigenvalue weighted by Gasteiger charge is 2.21. The van der Waals surface area contributed by atoms with Gasteiger partial charge >= 0.3 is 0 Å². The molecule has 1 fully saturated rings. The molecule has 3 aromatic rings. The second kappa shape index (κ2) is 7.15. The number of ether oxygens (including phenoxy) is 1. The molecule has 1 aliphatic rings. The third-order valence-electron chi connectivity index (χ3n) is 4.57. The van der Waals surface area contributed by atoms with Gasteiger partial charge in [-0.15, -0.1) is 0 Å². The minimum Gasteiger partial charge on any atom is -0.494 e. The normalized spacial score (nSPS) is 15.6. The summed E-state index contributed by atoms with van der Waals surface area (Å²) in [6.07, 6.45) is 0. The van der Waals surface area contributed by atoms with E-state index in [-0.39, 0.29) is 0 Å². The predicted octanol–water partition coefficient (Wildman–Crippen LogP) is 3.55. The number of hydrogen-bond acceptors (Lipinski definition) is 5. The van der Waals surface area contributed by atoms with Crippen LogP contribution in [0.25, 0.3) is 11.1 Å². The molecule has 0 spiro atoms. The number of hydrogen-bond donors (Lipinski definition) is 0. The van der Waals surface area contributed by atoms with Gasteiger partial charge in [-0.3, -0.25) is 4.90 Å². The molecule has 0 saturated carbocycles. The summed E-state index contributed by atoms with van der Waals surface area (Å²) < 4.78 is 11.4. The molecule has 0 N–H and O–H groups in total. The molecule has 5 heteroatoms. The second-order valence-corrected chi connectivity index (χ2v) is 6.30. The smallest absolute Gasteiger partial charge is 0.298 e. The second-order valence-electron chi connectivity index (χ2n) is 6.30. The van der Waals surface area contributed by atoms with Gasteiger partial charge in [0.1, 0.15) is 11.3 Å². The van der Waals surface area contributed by atoms with Gasteiger partial charge in [0.25, 0.3) is 6.01 Å². The zero-order valence-corrected chi connectivity index (χ0v) is 14.5. The van der Waals surface area contributed by atoms with Crippen molar-refractivity contribution in [3.8, 4) is 5.75 Å². The number of para-hydroxylation sites is 2. The lowest BCUT2D eigenvalue weighted by atomic mass is 10.2. The first-order valence-electron chi connectivity index (χ1n) is 8.86. The van der Waals surface area contributed by atoms with E-state index in [9.17, 15) is 0 Å². The van der Waals surface area contributed by atoms with Crippen LogP contribution in [-0.4, -0.2) is 42.7 Å². The Balaban J connectivity index is 1.34. The van der Waals surface area contributed by atoms with E-state index in [1.54, 1.807) is 0 Å². The summed E-state index contributed by atoms with van der Waals surface area (Å²) in [4.78, 5) is 9.30. The molecule has 0 aliphatic carbocycles. The van der Waals surface area contributed by atoms with Crippen LogP contribution in [0, 0.1) is 0 Å². The molecule has 130 valence electrons. The molecule has 0 radical (unpaired) electrons. The fourth-order valence-corrected chi connectivity index (χ4v) is 3.21. The minimum absolute atomic E-state index is 0.705. The first-order chi connectivity index (χ1) is 12.3. The van der Waals surface area contributed by atoms with Crippen molar-refractivity contribution in [3.63, 3.8) is 0 Å². The monoisotopic (exact) mass is 337 g/mol. The van der Waals surface area contributed by atoms with Gasteiger partial charge in [-0.1, -0.05) is 24.3 Å². The molecule has 5 nitrogen and oxygen atoms in total. The van der Waals surface area contributed by atoms with Gasteiger partial charge < -0.3 is 14.1 Å². The number of rotatable bonds is 5. The van der Waals surface area contributed by atoms with Crippen molar-refractivity contribution in [1.29, 1.82) is 0 Å². The van der Waals surface area contributed by atoms with Crippen molar-refractivity contribution in [1.82, 2.24) is 9.88 Å². The van der Waals surface area contributed by atoms with Crippen LogP contribution in [0.1, 0.15) is 12.5 Å². The van der Waals surface area contributed by atoms with Crippen molar-refractivity contribution in [2.24, 2.45) is 0 Å². The third kappa shape index (κ3) is 3.61. The van der Waals surface area contributed by atoms with Crippen molar-refractivity contribution in [2.45, 2.75) is 13.5 Å². The number of fused-ring (bicyclic) bond motifs is 1. The van der Waals surface area contributed by atoms with Crippen LogP contribution in [0.4, 0.5) is 6.01 Å². The molecule has 25 heavy (non-hydrogen) atoms. The molecule has 0 bridgehead atoms. The van der Waals surface area contributed by atoms with Crippen LogP contribution in [0.3, 0.4) is 0 Å². The Hall–Kier alpha value is -2.53. The van der Waals surface area contributed by atoms with E-state index in [1.165, 1.54) is 5.56 Å². The fraction of sp³-hybridized carbons (Fsp3) is 0.350. The number of nitrogens with zero attached hydrogens (tertiary/aromatic N) is 3. The van der Waals surface area contributed by atoms with Crippen molar-refractivity contribution >= 4 is 17.1 Å². The predicted molar refractivity (Wildman–Crippen MR) is 99.1 cm³/mol. The average molecular weight is 337 g/mol. The van der Waals surface area contributed by atoms with E-state index in [1.807, 2.05) is 43.3 Å². The molecular weight excluding hydrogens is 314 g/mol. The van der Waals surface area contributed by atoms with E-state index in [4.69, 9.17) is 9.15 Å². The Bertz CT molecular complexity index is 787. The van der Waals surface area contributed by atoms with Crippen LogP contribution < -0.4 is 9.64 Å². The number of piperazine rings is 1. The largest absolute Gasteiger partial charge is 0.494 e. The SMILES string of the molecule is CCOc1ccc(CN2CCN(c3nc4ccccc4o3)CC2)cc1. The standard InChI is InChI=1S/C20H23N3O2/c1-2-24-17-9-7-16(8-10-17)15-22-11-13-23(14-12-22)20-21-18-5-3-4-6-19(18)25-20/h3-10H,2,11-15H2,1H3. The summed E-state index contributed by atoms with van der Waals surface area (Å²) in [7, 11) is 0. The molecule has 1 aliphatic heterocycles. The van der Waals surface area contributed by atoms with Gasteiger partial charge in [0.2, 0.25) is 0 Å². The quantitative estimate of drug-likeness (QED) is 0.712. The van der Waals surface area contributed by atoms with Crippen LogP contribution in [0.5, 0.6) is 5.75 Å². The zero-order chi connectivity index (χ0) is 17.1. The summed E-state index contributed by atoms with van der Waals surface area (Å²) in [6.45, 7) is 7.56. The molecule has 2 heterocycles. The molecule has 4 rings (SSSR count). The molecule has 2 aromatic carbocycles. The number of benzene rings is 2. The molecule has 0 atom stereocenters. The highest BCUT2D eigenvalue weighted by Crippen LogP contribution is 2.23. The van der Waals surface area contributed by atoms with Gasteiger partial charge in [-0.2, -0.15) is 4.98 Å². The topological polar surface area (TPSA) is 41.7 Å². The summed E-state index contributed by atoms with van der Waals surface area (Å²) in [5, 5.41) is 0. The van der Waals surface area contributed by atoms with E-state index in [2.05, 4.69) is 26.9 Å². The van der Waals surface area contributed by atoms with E-state index < -0.39 is 0 Å². The Morgan fingerprint density at radius 3 is 2.48 bits per heavy atom. The van der Waals surface area contributed by atoms with Crippen LogP contribution in [0.15, 0.2) is 52.9 Å². The summed E-state index contributed by atoms with van der Waals surface area (Å²) in [5.41, 5.74) is 3.10. The Labute approximate surface area is 147 Å². The van der Waals surface area contributed by atoms with Crippen molar-refractivity contribution < 1.29 is 9.15 Å². The first kappa shape index (κ1) is 16.0. The highest BCUT2D eigenvalue weighted by atomic mass is 16.5. The lowest BCUT2D eigenvalue weighted by molar-refractivity contribution is 0.245.